The number of hydrogen-bond acceptors (Lipinski definition) is 2. The summed E-state index contributed by atoms with van der Waals surface area (Å²) in [6, 6.07) is 0.144. The van der Waals surface area contributed by atoms with Gasteiger partial charge in [0.1, 0.15) is 0 Å². The molecule has 3 heteroatoms. The number of likely N-dealkylation sites (N-methyl/N-ethyl adjacent to an activating group) is 1. The van der Waals surface area contributed by atoms with Gasteiger partial charge in [-0.25, -0.2) is 0 Å². The van der Waals surface area contributed by atoms with E-state index in [9.17, 15) is 4.79 Å². The lowest BCUT2D eigenvalue weighted by molar-refractivity contribution is -0.123. The number of hydrogen-bond donors (Lipinski definition) is 2. The summed E-state index contributed by atoms with van der Waals surface area (Å²) in [5.74, 6) is 0.0712. The van der Waals surface area contributed by atoms with Crippen molar-refractivity contribution in [1.29, 1.82) is 0 Å². The second-order valence-corrected chi connectivity index (χ2v) is 2.94. The standard InChI is InChI=1S/C8H18N2O/c1-5-9-7(4)8(11)10-6(2)3/h6-7,9H,5H2,1-4H3,(H,10,11). The van der Waals surface area contributed by atoms with Crippen LogP contribution in [0.15, 0.2) is 0 Å². The van der Waals surface area contributed by atoms with Gasteiger partial charge in [-0.3, -0.25) is 4.79 Å². The van der Waals surface area contributed by atoms with Gasteiger partial charge in [0.05, 0.1) is 6.04 Å². The Hall–Kier alpha value is -0.570. The van der Waals surface area contributed by atoms with Gasteiger partial charge in [0.15, 0.2) is 0 Å². The van der Waals surface area contributed by atoms with E-state index in [-0.39, 0.29) is 18.0 Å². The number of nitrogens with one attached hydrogen (secondary N) is 2. The molecule has 0 saturated heterocycles. The van der Waals surface area contributed by atoms with E-state index in [4.69, 9.17) is 0 Å². The van der Waals surface area contributed by atoms with Crippen molar-refractivity contribution in [3.8, 4) is 0 Å². The Morgan fingerprint density at radius 3 is 2.27 bits per heavy atom. The van der Waals surface area contributed by atoms with Crippen molar-refractivity contribution < 1.29 is 4.79 Å². The first-order chi connectivity index (χ1) is 5.07. The maximum atomic E-state index is 11.2. The predicted molar refractivity (Wildman–Crippen MR) is 46.4 cm³/mol. The van der Waals surface area contributed by atoms with E-state index < -0.39 is 0 Å². The largest absolute Gasteiger partial charge is 0.353 e. The van der Waals surface area contributed by atoms with Crippen LogP contribution in [0.1, 0.15) is 27.7 Å². The molecule has 0 radical (unpaired) electrons. The predicted octanol–water partition coefficient (Wildman–Crippen LogP) is 0.509. The summed E-state index contributed by atoms with van der Waals surface area (Å²) >= 11 is 0. The summed E-state index contributed by atoms with van der Waals surface area (Å²) < 4.78 is 0. The zero-order valence-electron chi connectivity index (χ0n) is 7.77. The van der Waals surface area contributed by atoms with E-state index in [2.05, 4.69) is 10.6 Å². The average Bonchev–Trinajstić information content (AvgIpc) is 1.86. The lowest BCUT2D eigenvalue weighted by Crippen LogP contribution is -2.44. The quantitative estimate of drug-likeness (QED) is 0.626. The fraction of sp³-hybridized carbons (Fsp3) is 0.875. The van der Waals surface area contributed by atoms with Crippen LogP contribution in [0.25, 0.3) is 0 Å². The van der Waals surface area contributed by atoms with Crippen LogP contribution >= 0.6 is 0 Å². The van der Waals surface area contributed by atoms with Crippen LogP contribution in [0, 0.1) is 0 Å². The van der Waals surface area contributed by atoms with Gasteiger partial charge >= 0.3 is 0 Å². The summed E-state index contributed by atoms with van der Waals surface area (Å²) in [5, 5.41) is 5.86. The minimum atomic E-state index is -0.0811. The molecule has 0 fully saturated rings. The zero-order valence-corrected chi connectivity index (χ0v) is 7.77. The molecule has 0 aromatic heterocycles. The molecule has 1 amide bonds. The molecule has 1 atom stereocenters. The molecule has 3 nitrogen and oxygen atoms in total. The first-order valence-electron chi connectivity index (χ1n) is 4.11. The van der Waals surface area contributed by atoms with Crippen LogP contribution in [0.3, 0.4) is 0 Å². The van der Waals surface area contributed by atoms with Gasteiger partial charge in [0, 0.05) is 6.04 Å². The molecular weight excluding hydrogens is 140 g/mol. The molecule has 0 heterocycles. The third-order valence-electron chi connectivity index (χ3n) is 1.33. The lowest BCUT2D eigenvalue weighted by Gasteiger charge is -2.14. The highest BCUT2D eigenvalue weighted by Crippen LogP contribution is 1.83. The monoisotopic (exact) mass is 158 g/mol. The van der Waals surface area contributed by atoms with Crippen molar-refractivity contribution >= 4 is 5.91 Å². The number of amides is 1. The summed E-state index contributed by atoms with van der Waals surface area (Å²) in [6.07, 6.45) is 0. The third-order valence-corrected chi connectivity index (χ3v) is 1.33. The van der Waals surface area contributed by atoms with E-state index in [1.54, 1.807) is 0 Å². The first kappa shape index (κ1) is 10.4. The second-order valence-electron chi connectivity index (χ2n) is 2.94. The minimum absolute atomic E-state index is 0.0712. The Morgan fingerprint density at radius 1 is 1.36 bits per heavy atom. The maximum absolute atomic E-state index is 11.2. The molecule has 0 aromatic carbocycles. The van der Waals surface area contributed by atoms with E-state index in [0.29, 0.717) is 0 Å². The molecule has 0 aromatic rings. The molecule has 0 spiro atoms. The Balaban J connectivity index is 3.64. The van der Waals surface area contributed by atoms with Crippen molar-refractivity contribution in [3.63, 3.8) is 0 Å². The van der Waals surface area contributed by atoms with Crippen molar-refractivity contribution in [1.82, 2.24) is 10.6 Å². The Labute approximate surface area is 68.6 Å². The molecule has 0 aliphatic carbocycles. The highest BCUT2D eigenvalue weighted by atomic mass is 16.2. The summed E-state index contributed by atoms with van der Waals surface area (Å²) in [5.41, 5.74) is 0. The van der Waals surface area contributed by atoms with E-state index in [1.165, 1.54) is 0 Å². The van der Waals surface area contributed by atoms with Crippen LogP contribution in [-0.4, -0.2) is 24.5 Å². The Bertz CT molecular complexity index is 123. The molecule has 0 aliphatic rings. The molecular formula is C8H18N2O. The van der Waals surface area contributed by atoms with Crippen molar-refractivity contribution in [2.24, 2.45) is 0 Å². The van der Waals surface area contributed by atoms with E-state index in [1.807, 2.05) is 27.7 Å². The van der Waals surface area contributed by atoms with Crippen molar-refractivity contribution in [3.05, 3.63) is 0 Å². The van der Waals surface area contributed by atoms with Gasteiger partial charge in [-0.05, 0) is 27.3 Å². The molecule has 0 bridgehead atoms. The number of carbonyl (C=O) groups excluding carboxylic acids is 1. The second kappa shape index (κ2) is 5.13. The van der Waals surface area contributed by atoms with Crippen LogP contribution in [0.2, 0.25) is 0 Å². The normalized spacial score (nSPS) is 13.2. The van der Waals surface area contributed by atoms with Crippen molar-refractivity contribution in [2.45, 2.75) is 39.8 Å². The SMILES string of the molecule is CCNC(C)C(=O)NC(C)C. The van der Waals surface area contributed by atoms with Gasteiger partial charge in [-0.1, -0.05) is 6.92 Å². The van der Waals surface area contributed by atoms with Gasteiger partial charge in [0.25, 0.3) is 0 Å². The van der Waals surface area contributed by atoms with Gasteiger partial charge in [-0.2, -0.15) is 0 Å². The fourth-order valence-corrected chi connectivity index (χ4v) is 0.808. The molecule has 66 valence electrons. The van der Waals surface area contributed by atoms with Crippen LogP contribution in [-0.2, 0) is 4.79 Å². The van der Waals surface area contributed by atoms with Gasteiger partial charge in [0.2, 0.25) is 5.91 Å². The maximum Gasteiger partial charge on any atom is 0.237 e. The minimum Gasteiger partial charge on any atom is -0.353 e. The fourth-order valence-electron chi connectivity index (χ4n) is 0.808. The zero-order chi connectivity index (χ0) is 8.85. The molecule has 0 rings (SSSR count). The Kier molecular flexibility index (Phi) is 4.86. The number of rotatable bonds is 4. The summed E-state index contributed by atoms with van der Waals surface area (Å²) in [6.45, 7) is 8.58. The Morgan fingerprint density at radius 2 is 1.91 bits per heavy atom. The topological polar surface area (TPSA) is 41.1 Å². The molecule has 2 N–H and O–H groups in total. The third kappa shape index (κ3) is 4.79. The van der Waals surface area contributed by atoms with E-state index >= 15 is 0 Å². The first-order valence-corrected chi connectivity index (χ1v) is 4.11. The van der Waals surface area contributed by atoms with Crippen LogP contribution in [0.4, 0.5) is 0 Å². The smallest absolute Gasteiger partial charge is 0.237 e. The number of carbonyl (C=O) groups is 1. The van der Waals surface area contributed by atoms with E-state index in [0.717, 1.165) is 6.54 Å². The molecule has 0 aliphatic heterocycles. The highest BCUT2D eigenvalue weighted by Gasteiger charge is 2.10. The van der Waals surface area contributed by atoms with Gasteiger partial charge < -0.3 is 10.6 Å². The summed E-state index contributed by atoms with van der Waals surface area (Å²) in [4.78, 5) is 11.2. The molecule has 0 saturated carbocycles. The average molecular weight is 158 g/mol. The van der Waals surface area contributed by atoms with Gasteiger partial charge in [-0.15, -0.1) is 0 Å². The molecule has 1 unspecified atom stereocenters. The molecule has 11 heavy (non-hydrogen) atoms. The van der Waals surface area contributed by atoms with Crippen molar-refractivity contribution in [2.75, 3.05) is 6.54 Å². The summed E-state index contributed by atoms with van der Waals surface area (Å²) in [7, 11) is 0. The highest BCUT2D eigenvalue weighted by molar-refractivity contribution is 5.81. The lowest BCUT2D eigenvalue weighted by atomic mass is 10.3. The van der Waals surface area contributed by atoms with Crippen LogP contribution < -0.4 is 10.6 Å². The van der Waals surface area contributed by atoms with Crippen LogP contribution in [0.5, 0.6) is 0 Å².